The summed E-state index contributed by atoms with van der Waals surface area (Å²) in [6.45, 7) is 5.68. The van der Waals surface area contributed by atoms with Crippen molar-refractivity contribution < 1.29 is 10.2 Å². The van der Waals surface area contributed by atoms with Gasteiger partial charge in [-0.3, -0.25) is 4.79 Å². The van der Waals surface area contributed by atoms with Crippen molar-refractivity contribution in [2.24, 2.45) is 0 Å². The van der Waals surface area contributed by atoms with E-state index in [2.05, 4.69) is 9.97 Å². The first-order chi connectivity index (χ1) is 8.21. The van der Waals surface area contributed by atoms with Gasteiger partial charge in [0, 0.05) is 5.41 Å². The number of aromatic nitrogens is 2. The van der Waals surface area contributed by atoms with Crippen LogP contribution in [0.15, 0.2) is 10.9 Å². The Bertz CT molecular complexity index is 686. The maximum atomic E-state index is 11.9. The Balaban J connectivity index is 2.93. The molecule has 0 unspecified atom stereocenters. The van der Waals surface area contributed by atoms with Crippen molar-refractivity contribution in [3.63, 3.8) is 0 Å². The van der Waals surface area contributed by atoms with Gasteiger partial charge in [0.1, 0.15) is 16.4 Å². The molecule has 2 aromatic rings. The second-order valence-electron chi connectivity index (χ2n) is 5.12. The Morgan fingerprint density at radius 2 is 1.94 bits per heavy atom. The lowest BCUT2D eigenvalue weighted by molar-refractivity contribution is 0.405. The zero-order valence-corrected chi connectivity index (χ0v) is 11.0. The molecular weight excluding hydrogens is 256 g/mol. The Kier molecular flexibility index (Phi) is 2.74. The lowest BCUT2D eigenvalue weighted by Crippen LogP contribution is -2.22. The number of hydrogen-bond donors (Lipinski definition) is 3. The largest absolute Gasteiger partial charge is 0.504 e. The van der Waals surface area contributed by atoms with Gasteiger partial charge in [0.15, 0.2) is 11.5 Å². The van der Waals surface area contributed by atoms with Gasteiger partial charge in [0.2, 0.25) is 0 Å². The van der Waals surface area contributed by atoms with Crippen LogP contribution in [0, 0.1) is 0 Å². The predicted molar refractivity (Wildman–Crippen MR) is 69.4 cm³/mol. The normalized spacial score (nSPS) is 12.0. The van der Waals surface area contributed by atoms with Crippen molar-refractivity contribution in [3.8, 4) is 11.5 Å². The van der Waals surface area contributed by atoms with Gasteiger partial charge in [-0.25, -0.2) is 4.98 Å². The van der Waals surface area contributed by atoms with Crippen LogP contribution in [0.3, 0.4) is 0 Å². The molecule has 0 aliphatic heterocycles. The number of nitrogens with one attached hydrogen (secondary N) is 1. The summed E-state index contributed by atoms with van der Waals surface area (Å²) in [5, 5.41) is 19.0. The summed E-state index contributed by atoms with van der Waals surface area (Å²) in [6, 6.07) is 1.15. The van der Waals surface area contributed by atoms with Gasteiger partial charge in [0.05, 0.1) is 5.39 Å². The summed E-state index contributed by atoms with van der Waals surface area (Å²) in [7, 11) is 0. The number of benzene rings is 1. The SMILES string of the molecule is CC(C)(C)c1nc2c(Cl)c(O)c(O)cc2c(=O)[nH]1. The summed E-state index contributed by atoms with van der Waals surface area (Å²) < 4.78 is 0. The van der Waals surface area contributed by atoms with E-state index in [1.165, 1.54) is 0 Å². The van der Waals surface area contributed by atoms with Gasteiger partial charge >= 0.3 is 0 Å². The molecule has 0 atom stereocenters. The number of aromatic amines is 1. The average molecular weight is 269 g/mol. The number of halogens is 1. The highest BCUT2D eigenvalue weighted by Crippen LogP contribution is 2.37. The van der Waals surface area contributed by atoms with Crippen LogP contribution in [0.25, 0.3) is 10.9 Å². The zero-order valence-electron chi connectivity index (χ0n) is 10.2. The first kappa shape index (κ1) is 12.7. The van der Waals surface area contributed by atoms with Crippen molar-refractivity contribution in [2.75, 3.05) is 0 Å². The molecule has 0 saturated heterocycles. The van der Waals surface area contributed by atoms with Crippen molar-refractivity contribution in [2.45, 2.75) is 26.2 Å². The number of rotatable bonds is 0. The van der Waals surface area contributed by atoms with Gasteiger partial charge in [-0.15, -0.1) is 0 Å². The molecule has 96 valence electrons. The molecule has 5 nitrogen and oxygen atoms in total. The fourth-order valence-electron chi connectivity index (χ4n) is 1.57. The van der Waals surface area contributed by atoms with E-state index in [0.29, 0.717) is 5.82 Å². The molecule has 0 spiro atoms. The van der Waals surface area contributed by atoms with Gasteiger partial charge in [0.25, 0.3) is 5.56 Å². The maximum Gasteiger partial charge on any atom is 0.258 e. The molecule has 0 fully saturated rings. The molecule has 0 amide bonds. The minimum atomic E-state index is -0.470. The van der Waals surface area contributed by atoms with E-state index in [9.17, 15) is 15.0 Å². The molecule has 1 aromatic heterocycles. The number of hydrogen-bond acceptors (Lipinski definition) is 4. The lowest BCUT2D eigenvalue weighted by Gasteiger charge is -2.17. The summed E-state index contributed by atoms with van der Waals surface area (Å²) in [4.78, 5) is 18.8. The number of H-pyrrole nitrogens is 1. The van der Waals surface area contributed by atoms with Crippen LogP contribution in [0.5, 0.6) is 11.5 Å². The quantitative estimate of drug-likeness (QED) is 0.640. The average Bonchev–Trinajstić information content (AvgIpc) is 2.26. The number of phenolic OH excluding ortho intramolecular Hbond substituents is 2. The highest BCUT2D eigenvalue weighted by molar-refractivity contribution is 6.36. The number of fused-ring (bicyclic) bond motifs is 1. The first-order valence-electron chi connectivity index (χ1n) is 5.36. The van der Waals surface area contributed by atoms with Crippen molar-refractivity contribution in [1.82, 2.24) is 9.97 Å². The molecule has 1 heterocycles. The molecule has 3 N–H and O–H groups in total. The van der Waals surface area contributed by atoms with Crippen LogP contribution >= 0.6 is 11.6 Å². The van der Waals surface area contributed by atoms with Crippen LogP contribution in [-0.2, 0) is 5.41 Å². The van der Waals surface area contributed by atoms with E-state index in [4.69, 9.17) is 11.6 Å². The van der Waals surface area contributed by atoms with Crippen LogP contribution in [0.2, 0.25) is 5.02 Å². The smallest absolute Gasteiger partial charge is 0.258 e. The monoisotopic (exact) mass is 268 g/mol. The van der Waals surface area contributed by atoms with Gasteiger partial charge in [-0.05, 0) is 6.07 Å². The van der Waals surface area contributed by atoms with Crippen LogP contribution in [0.4, 0.5) is 0 Å². The highest BCUT2D eigenvalue weighted by atomic mass is 35.5. The minimum absolute atomic E-state index is 0.124. The van der Waals surface area contributed by atoms with Gasteiger partial charge in [-0.1, -0.05) is 32.4 Å². The Hall–Kier alpha value is -1.75. The van der Waals surface area contributed by atoms with E-state index in [1.807, 2.05) is 20.8 Å². The topological polar surface area (TPSA) is 86.2 Å². The molecule has 18 heavy (non-hydrogen) atoms. The molecule has 0 aliphatic carbocycles. The van der Waals surface area contributed by atoms with E-state index >= 15 is 0 Å². The Morgan fingerprint density at radius 1 is 1.33 bits per heavy atom. The Labute approximate surface area is 108 Å². The third kappa shape index (κ3) is 1.90. The summed E-state index contributed by atoms with van der Waals surface area (Å²) in [6.07, 6.45) is 0. The molecule has 1 aromatic carbocycles. The number of nitrogens with zero attached hydrogens (tertiary/aromatic N) is 1. The standard InChI is InChI=1S/C12H13ClN2O3/c1-12(2,3)11-14-8-5(10(18)15-11)4-6(16)9(17)7(8)13/h4,16-17H,1-3H3,(H,14,15,18). The molecule has 2 rings (SSSR count). The predicted octanol–water partition coefficient (Wildman–Crippen LogP) is 2.29. The first-order valence-corrected chi connectivity index (χ1v) is 5.74. The van der Waals surface area contributed by atoms with E-state index in [1.54, 1.807) is 0 Å². The molecule has 0 aliphatic rings. The summed E-state index contributed by atoms with van der Waals surface area (Å²) in [5.41, 5.74) is -0.577. The molecule has 6 heteroatoms. The van der Waals surface area contributed by atoms with Crippen LogP contribution < -0.4 is 5.56 Å². The van der Waals surface area contributed by atoms with Crippen molar-refractivity contribution >= 4 is 22.5 Å². The van der Waals surface area contributed by atoms with E-state index < -0.39 is 17.1 Å². The van der Waals surface area contributed by atoms with E-state index in [-0.39, 0.29) is 21.3 Å². The molecule has 0 saturated carbocycles. The summed E-state index contributed by atoms with van der Waals surface area (Å²) in [5.74, 6) is -0.447. The summed E-state index contributed by atoms with van der Waals surface area (Å²) >= 11 is 5.90. The third-order valence-electron chi connectivity index (χ3n) is 2.61. The van der Waals surface area contributed by atoms with Crippen LogP contribution in [0.1, 0.15) is 26.6 Å². The van der Waals surface area contributed by atoms with E-state index in [0.717, 1.165) is 6.07 Å². The van der Waals surface area contributed by atoms with Crippen LogP contribution in [-0.4, -0.2) is 20.2 Å². The molecular formula is C12H13ClN2O3. The van der Waals surface area contributed by atoms with Crippen molar-refractivity contribution in [3.05, 3.63) is 27.3 Å². The van der Waals surface area contributed by atoms with Gasteiger partial charge in [-0.2, -0.15) is 0 Å². The second kappa shape index (κ2) is 3.88. The Morgan fingerprint density at radius 3 is 2.50 bits per heavy atom. The van der Waals surface area contributed by atoms with Gasteiger partial charge < -0.3 is 15.2 Å². The number of phenols is 2. The molecule has 0 bridgehead atoms. The lowest BCUT2D eigenvalue weighted by atomic mass is 9.95. The van der Waals surface area contributed by atoms with Crippen molar-refractivity contribution in [1.29, 1.82) is 0 Å². The second-order valence-corrected chi connectivity index (χ2v) is 5.50. The minimum Gasteiger partial charge on any atom is -0.504 e. The maximum absolute atomic E-state index is 11.9. The number of aromatic hydroxyl groups is 2. The highest BCUT2D eigenvalue weighted by Gasteiger charge is 2.21. The fourth-order valence-corrected chi connectivity index (χ4v) is 1.81. The zero-order chi connectivity index (χ0) is 13.7. The third-order valence-corrected chi connectivity index (χ3v) is 2.96. The fraction of sp³-hybridized carbons (Fsp3) is 0.333. The molecule has 0 radical (unpaired) electrons.